The standard InChI is InChI=1S/C44H41F2N9O2/c1-5-40(56)54-21-17-27(18-22-54)33-15-16-34(28-7-11-31(45)12-8-28)48-43(33)36-24-38(53(4)51-36)39-23-30(26-55(39)41(57)6-2)42-44(35-19-20-52(3)50-35)49-37(25-47-42)29-9-13-32(46)14-10-29/h5-16,19-20,24-25,27,30,39H,1-2,17-18,21-23,26H2,3-4H3. The number of pyridine rings is 1. The zero-order valence-corrected chi connectivity index (χ0v) is 31.7. The van der Waals surface area contributed by atoms with E-state index in [1.807, 2.05) is 43.4 Å². The number of aryl methyl sites for hydroxylation is 2. The van der Waals surface area contributed by atoms with Gasteiger partial charge in [-0.05, 0) is 110 Å². The molecule has 57 heavy (non-hydrogen) atoms. The van der Waals surface area contributed by atoms with Gasteiger partial charge < -0.3 is 9.80 Å². The first-order valence-corrected chi connectivity index (χ1v) is 18.9. The van der Waals surface area contributed by atoms with Gasteiger partial charge in [-0.15, -0.1) is 0 Å². The second-order valence-corrected chi connectivity index (χ2v) is 14.5. The number of benzene rings is 2. The predicted molar refractivity (Wildman–Crippen MR) is 212 cm³/mol. The highest BCUT2D eigenvalue weighted by Crippen LogP contribution is 2.44. The third-order valence-electron chi connectivity index (χ3n) is 11.0. The maximum absolute atomic E-state index is 13.9. The number of hydrogen-bond acceptors (Lipinski definition) is 7. The molecule has 2 saturated heterocycles. The zero-order valence-electron chi connectivity index (χ0n) is 31.7. The molecule has 6 aromatic rings. The molecule has 288 valence electrons. The summed E-state index contributed by atoms with van der Waals surface area (Å²) in [5, 5.41) is 9.66. The van der Waals surface area contributed by atoms with Crippen LogP contribution in [0.2, 0.25) is 0 Å². The van der Waals surface area contributed by atoms with Crippen LogP contribution in [0.3, 0.4) is 0 Å². The molecule has 6 heterocycles. The fourth-order valence-electron chi connectivity index (χ4n) is 8.10. The van der Waals surface area contributed by atoms with Crippen molar-refractivity contribution in [3.63, 3.8) is 0 Å². The second-order valence-electron chi connectivity index (χ2n) is 14.5. The Morgan fingerprint density at radius 3 is 2.02 bits per heavy atom. The van der Waals surface area contributed by atoms with E-state index >= 15 is 0 Å². The smallest absolute Gasteiger partial charge is 0.246 e. The molecule has 0 spiro atoms. The third kappa shape index (κ3) is 7.40. The molecule has 2 unspecified atom stereocenters. The van der Waals surface area contributed by atoms with Gasteiger partial charge in [0, 0.05) is 57.0 Å². The molecule has 4 aromatic heterocycles. The van der Waals surface area contributed by atoms with Crippen molar-refractivity contribution in [3.05, 3.63) is 139 Å². The summed E-state index contributed by atoms with van der Waals surface area (Å²) in [6.45, 7) is 9.00. The van der Waals surface area contributed by atoms with Gasteiger partial charge in [0.1, 0.15) is 28.7 Å². The molecule has 2 aromatic carbocycles. The van der Waals surface area contributed by atoms with E-state index in [0.29, 0.717) is 65.9 Å². The minimum atomic E-state index is -0.390. The van der Waals surface area contributed by atoms with Crippen LogP contribution in [0.1, 0.15) is 54.1 Å². The topological polar surface area (TPSA) is 115 Å². The summed E-state index contributed by atoms with van der Waals surface area (Å²) < 4.78 is 31.2. The lowest BCUT2D eigenvalue weighted by Gasteiger charge is -2.32. The molecule has 13 heteroatoms. The fourth-order valence-corrected chi connectivity index (χ4v) is 8.10. The van der Waals surface area contributed by atoms with Crippen molar-refractivity contribution in [3.8, 4) is 45.3 Å². The molecule has 11 nitrogen and oxygen atoms in total. The molecule has 2 amide bonds. The summed E-state index contributed by atoms with van der Waals surface area (Å²) >= 11 is 0. The van der Waals surface area contributed by atoms with Gasteiger partial charge in [-0.1, -0.05) is 19.2 Å². The number of hydrogen-bond donors (Lipinski definition) is 0. The highest BCUT2D eigenvalue weighted by molar-refractivity contribution is 5.88. The first-order chi connectivity index (χ1) is 27.6. The van der Waals surface area contributed by atoms with E-state index in [2.05, 4.69) is 24.3 Å². The Kier molecular flexibility index (Phi) is 10.1. The van der Waals surface area contributed by atoms with Crippen LogP contribution >= 0.6 is 0 Å². The molecule has 2 aliphatic heterocycles. The highest BCUT2D eigenvalue weighted by Gasteiger charge is 2.40. The molecular formula is C44H41F2N9O2. The molecule has 2 atom stereocenters. The highest BCUT2D eigenvalue weighted by atomic mass is 19.1. The SMILES string of the molecule is C=CC(=O)N1CCC(c2ccc(-c3ccc(F)cc3)nc2-c2cc(C3CC(c4ncc(-c5ccc(F)cc5)nc4-c4ccn(C)n4)CN3C(=O)C=C)n(C)n2)CC1. The van der Waals surface area contributed by atoms with E-state index in [0.717, 1.165) is 35.2 Å². The number of carbonyl (C=O) groups is 2. The average molecular weight is 766 g/mol. The van der Waals surface area contributed by atoms with Crippen LogP contribution < -0.4 is 0 Å². The average Bonchev–Trinajstić information content (AvgIpc) is 3.98. The Bertz CT molecular complexity index is 2480. The summed E-state index contributed by atoms with van der Waals surface area (Å²) in [5.41, 5.74) is 7.82. The van der Waals surface area contributed by atoms with Gasteiger partial charge in [0.25, 0.3) is 0 Å². The Morgan fingerprint density at radius 2 is 1.39 bits per heavy atom. The van der Waals surface area contributed by atoms with Gasteiger partial charge in [0.2, 0.25) is 11.8 Å². The summed E-state index contributed by atoms with van der Waals surface area (Å²) in [6.07, 6.45) is 8.21. The summed E-state index contributed by atoms with van der Waals surface area (Å²) in [7, 11) is 3.70. The van der Waals surface area contributed by atoms with Crippen molar-refractivity contribution in [2.75, 3.05) is 19.6 Å². The number of amides is 2. The number of aromatic nitrogens is 7. The van der Waals surface area contributed by atoms with Crippen molar-refractivity contribution in [2.24, 2.45) is 14.1 Å². The van der Waals surface area contributed by atoms with Gasteiger partial charge >= 0.3 is 0 Å². The van der Waals surface area contributed by atoms with E-state index in [4.69, 9.17) is 20.1 Å². The van der Waals surface area contributed by atoms with Gasteiger partial charge in [0.15, 0.2) is 0 Å². The summed E-state index contributed by atoms with van der Waals surface area (Å²) in [4.78, 5) is 44.7. The van der Waals surface area contributed by atoms with Crippen LogP contribution in [0.4, 0.5) is 8.78 Å². The zero-order chi connectivity index (χ0) is 39.8. The Hall–Kier alpha value is -6.63. The molecule has 2 fully saturated rings. The minimum absolute atomic E-state index is 0.0803. The van der Waals surface area contributed by atoms with Gasteiger partial charge in [-0.2, -0.15) is 10.2 Å². The number of likely N-dealkylation sites (tertiary alicyclic amines) is 2. The molecule has 8 rings (SSSR count). The minimum Gasteiger partial charge on any atom is -0.339 e. The molecule has 2 aliphatic rings. The Balaban J connectivity index is 1.17. The summed E-state index contributed by atoms with van der Waals surface area (Å²) in [5.74, 6) is -1.08. The number of carbonyl (C=O) groups excluding carboxylic acids is 2. The van der Waals surface area contributed by atoms with Crippen LogP contribution in [-0.2, 0) is 23.7 Å². The lowest BCUT2D eigenvalue weighted by atomic mass is 9.87. The Morgan fingerprint density at radius 1 is 0.737 bits per heavy atom. The lowest BCUT2D eigenvalue weighted by molar-refractivity contribution is -0.127. The van der Waals surface area contributed by atoms with Crippen molar-refractivity contribution in [1.82, 2.24) is 44.3 Å². The van der Waals surface area contributed by atoms with Crippen LogP contribution in [0, 0.1) is 11.6 Å². The molecule has 0 bridgehead atoms. The van der Waals surface area contributed by atoms with Gasteiger partial charge in [0.05, 0.1) is 40.7 Å². The number of piperidine rings is 1. The molecular weight excluding hydrogens is 725 g/mol. The van der Waals surface area contributed by atoms with Crippen LogP contribution in [0.25, 0.3) is 45.3 Å². The van der Waals surface area contributed by atoms with Crippen LogP contribution in [0.5, 0.6) is 0 Å². The van der Waals surface area contributed by atoms with E-state index in [1.54, 1.807) is 44.7 Å². The van der Waals surface area contributed by atoms with E-state index in [-0.39, 0.29) is 35.3 Å². The monoisotopic (exact) mass is 765 g/mol. The van der Waals surface area contributed by atoms with Crippen molar-refractivity contribution in [2.45, 2.75) is 37.1 Å². The first-order valence-electron chi connectivity index (χ1n) is 18.9. The molecule has 0 saturated carbocycles. The number of rotatable bonds is 9. The van der Waals surface area contributed by atoms with E-state index in [1.165, 1.54) is 36.4 Å². The summed E-state index contributed by atoms with van der Waals surface area (Å²) in [6, 6.07) is 19.8. The maximum Gasteiger partial charge on any atom is 0.246 e. The quantitative estimate of drug-likeness (QED) is 0.141. The van der Waals surface area contributed by atoms with Crippen molar-refractivity contribution in [1.29, 1.82) is 0 Å². The third-order valence-corrected chi connectivity index (χ3v) is 11.0. The van der Waals surface area contributed by atoms with Crippen molar-refractivity contribution < 1.29 is 18.4 Å². The Labute approximate surface area is 329 Å². The molecule has 0 N–H and O–H groups in total. The van der Waals surface area contributed by atoms with Gasteiger partial charge in [-0.25, -0.2) is 18.7 Å². The lowest BCUT2D eigenvalue weighted by Crippen LogP contribution is -2.36. The van der Waals surface area contributed by atoms with Crippen molar-refractivity contribution >= 4 is 11.8 Å². The van der Waals surface area contributed by atoms with Gasteiger partial charge in [-0.3, -0.25) is 23.9 Å². The largest absolute Gasteiger partial charge is 0.339 e. The van der Waals surface area contributed by atoms with E-state index < -0.39 is 6.04 Å². The molecule has 0 aliphatic carbocycles. The second kappa shape index (κ2) is 15.5. The van der Waals surface area contributed by atoms with Crippen LogP contribution in [-0.4, -0.2) is 75.8 Å². The first kappa shape index (κ1) is 37.3. The fraction of sp³-hybridized carbons (Fsp3) is 0.250. The normalized spacial score (nSPS) is 17.2. The number of halogens is 2. The van der Waals surface area contributed by atoms with Crippen LogP contribution in [0.15, 0.2) is 111 Å². The maximum atomic E-state index is 13.9. The number of nitrogens with zero attached hydrogens (tertiary/aromatic N) is 9. The van der Waals surface area contributed by atoms with E-state index in [9.17, 15) is 18.4 Å². The molecule has 0 radical (unpaired) electrons. The predicted octanol–water partition coefficient (Wildman–Crippen LogP) is 7.42.